The number of carbonyl (C=O) groups excluding carboxylic acids is 1. The SMILES string of the molecule is O=C1CCc2nc3c(N4CCOCC4)cc(Br)cn3c2C1. The van der Waals surface area contributed by atoms with E-state index in [0.717, 1.165) is 59.9 Å². The fourth-order valence-corrected chi connectivity index (χ4v) is 3.57. The molecule has 0 radical (unpaired) electrons. The lowest BCUT2D eigenvalue weighted by atomic mass is 10.00. The van der Waals surface area contributed by atoms with Crippen molar-refractivity contribution >= 4 is 33.0 Å². The lowest BCUT2D eigenvalue weighted by Gasteiger charge is -2.29. The molecule has 0 spiro atoms. The molecule has 0 amide bonds. The third-order valence-electron chi connectivity index (χ3n) is 4.21. The van der Waals surface area contributed by atoms with E-state index in [9.17, 15) is 4.79 Å². The quantitative estimate of drug-likeness (QED) is 0.789. The largest absolute Gasteiger partial charge is 0.378 e. The summed E-state index contributed by atoms with van der Waals surface area (Å²) in [7, 11) is 0. The summed E-state index contributed by atoms with van der Waals surface area (Å²) in [6, 6.07) is 2.11. The predicted octanol–water partition coefficient (Wildman–Crippen LogP) is 1.99. The van der Waals surface area contributed by atoms with E-state index in [4.69, 9.17) is 9.72 Å². The Labute approximate surface area is 131 Å². The van der Waals surface area contributed by atoms with Crippen LogP contribution < -0.4 is 4.90 Å². The van der Waals surface area contributed by atoms with E-state index in [1.807, 2.05) is 6.20 Å². The molecule has 2 aromatic rings. The number of ketones is 1. The number of fused-ring (bicyclic) bond motifs is 3. The topological polar surface area (TPSA) is 46.8 Å². The first-order chi connectivity index (χ1) is 10.2. The number of ether oxygens (including phenoxy) is 1. The molecule has 0 saturated carbocycles. The molecular formula is C15H16BrN3O2. The minimum atomic E-state index is 0.303. The number of nitrogens with zero attached hydrogens (tertiary/aromatic N) is 3. The standard InChI is InChI=1S/C15H16BrN3O2/c16-10-7-14(18-3-5-21-6-4-18)15-17-12-2-1-11(20)8-13(12)19(15)9-10/h7,9H,1-6,8H2. The summed E-state index contributed by atoms with van der Waals surface area (Å²) in [6.07, 6.45) is 3.89. The van der Waals surface area contributed by atoms with Crippen LogP contribution >= 0.6 is 15.9 Å². The van der Waals surface area contributed by atoms with Gasteiger partial charge < -0.3 is 14.0 Å². The zero-order chi connectivity index (χ0) is 14.4. The average Bonchev–Trinajstić information content (AvgIpc) is 2.85. The number of halogens is 1. The first kappa shape index (κ1) is 13.3. The van der Waals surface area contributed by atoms with Gasteiger partial charge >= 0.3 is 0 Å². The van der Waals surface area contributed by atoms with Gasteiger partial charge in [-0.3, -0.25) is 4.79 Å². The lowest BCUT2D eigenvalue weighted by Crippen LogP contribution is -2.36. The van der Waals surface area contributed by atoms with Gasteiger partial charge in [-0.25, -0.2) is 4.98 Å². The van der Waals surface area contributed by atoms with Crippen molar-refractivity contribution in [1.29, 1.82) is 0 Å². The minimum Gasteiger partial charge on any atom is -0.378 e. The molecule has 0 bridgehead atoms. The lowest BCUT2D eigenvalue weighted by molar-refractivity contribution is -0.118. The number of Topliss-reactive ketones (excluding diaryl/α,β-unsaturated/α-hetero) is 1. The molecule has 110 valence electrons. The summed E-state index contributed by atoms with van der Waals surface area (Å²) in [5.74, 6) is 0.303. The van der Waals surface area contributed by atoms with Gasteiger partial charge in [-0.1, -0.05) is 0 Å². The molecule has 1 aliphatic heterocycles. The van der Waals surface area contributed by atoms with Crippen LogP contribution in [0.2, 0.25) is 0 Å². The van der Waals surface area contributed by atoms with Crippen molar-refractivity contribution < 1.29 is 9.53 Å². The summed E-state index contributed by atoms with van der Waals surface area (Å²) in [5.41, 5.74) is 4.20. The first-order valence-electron chi connectivity index (χ1n) is 7.26. The molecule has 1 fully saturated rings. The van der Waals surface area contributed by atoms with Crippen molar-refractivity contribution in [3.8, 4) is 0 Å². The number of hydrogen-bond donors (Lipinski definition) is 0. The van der Waals surface area contributed by atoms with E-state index in [1.54, 1.807) is 0 Å². The Morgan fingerprint density at radius 1 is 1.24 bits per heavy atom. The maximum atomic E-state index is 11.8. The molecule has 4 rings (SSSR count). The predicted molar refractivity (Wildman–Crippen MR) is 83.0 cm³/mol. The third kappa shape index (κ3) is 2.26. The molecule has 0 N–H and O–H groups in total. The van der Waals surface area contributed by atoms with Gasteiger partial charge in [0.05, 0.1) is 30.3 Å². The van der Waals surface area contributed by atoms with Gasteiger partial charge in [0.25, 0.3) is 0 Å². The van der Waals surface area contributed by atoms with Crippen LogP contribution in [0.5, 0.6) is 0 Å². The summed E-state index contributed by atoms with van der Waals surface area (Å²) < 4.78 is 8.53. The van der Waals surface area contributed by atoms with E-state index >= 15 is 0 Å². The van der Waals surface area contributed by atoms with Crippen molar-refractivity contribution in [1.82, 2.24) is 9.38 Å². The Hall–Kier alpha value is -1.40. The van der Waals surface area contributed by atoms with Crippen molar-refractivity contribution in [2.24, 2.45) is 0 Å². The maximum absolute atomic E-state index is 11.8. The molecule has 3 heterocycles. The highest BCUT2D eigenvalue weighted by Gasteiger charge is 2.24. The summed E-state index contributed by atoms with van der Waals surface area (Å²) in [6.45, 7) is 3.25. The van der Waals surface area contributed by atoms with Gasteiger partial charge in [-0.2, -0.15) is 0 Å². The van der Waals surface area contributed by atoms with Crippen LogP contribution in [0, 0.1) is 0 Å². The molecule has 1 saturated heterocycles. The van der Waals surface area contributed by atoms with Crippen molar-refractivity contribution in [3.63, 3.8) is 0 Å². The number of hydrogen-bond acceptors (Lipinski definition) is 4. The van der Waals surface area contributed by atoms with Gasteiger partial charge in [-0.15, -0.1) is 0 Å². The number of pyridine rings is 1. The molecule has 1 aliphatic carbocycles. The van der Waals surface area contributed by atoms with Crippen LogP contribution in [0.15, 0.2) is 16.7 Å². The third-order valence-corrected chi connectivity index (χ3v) is 4.64. The molecule has 21 heavy (non-hydrogen) atoms. The normalized spacial score (nSPS) is 19.1. The second-order valence-corrected chi connectivity index (χ2v) is 6.47. The van der Waals surface area contributed by atoms with Gasteiger partial charge in [-0.05, 0) is 28.4 Å². The Kier molecular flexibility index (Phi) is 3.23. The van der Waals surface area contributed by atoms with Crippen LogP contribution in [-0.2, 0) is 22.4 Å². The Morgan fingerprint density at radius 2 is 2.05 bits per heavy atom. The molecule has 6 heteroatoms. The zero-order valence-electron chi connectivity index (χ0n) is 11.6. The second kappa shape index (κ2) is 5.10. The van der Waals surface area contributed by atoms with Crippen molar-refractivity contribution in [2.75, 3.05) is 31.2 Å². The average molecular weight is 350 g/mol. The zero-order valence-corrected chi connectivity index (χ0v) is 13.2. The minimum absolute atomic E-state index is 0.303. The molecular weight excluding hydrogens is 334 g/mol. The van der Waals surface area contributed by atoms with Crippen LogP contribution in [0.1, 0.15) is 17.8 Å². The van der Waals surface area contributed by atoms with Crippen LogP contribution in [-0.4, -0.2) is 41.5 Å². The number of imidazole rings is 1. The van der Waals surface area contributed by atoms with E-state index in [2.05, 4.69) is 31.3 Å². The smallest absolute Gasteiger partial charge is 0.161 e. The number of anilines is 1. The summed E-state index contributed by atoms with van der Waals surface area (Å²) in [5, 5.41) is 0. The fourth-order valence-electron chi connectivity index (χ4n) is 3.15. The van der Waals surface area contributed by atoms with E-state index in [-0.39, 0.29) is 0 Å². The number of carbonyl (C=O) groups is 1. The molecule has 5 nitrogen and oxygen atoms in total. The number of morpholine rings is 1. The van der Waals surface area contributed by atoms with Gasteiger partial charge in [0.2, 0.25) is 0 Å². The van der Waals surface area contributed by atoms with E-state index in [1.165, 1.54) is 0 Å². The maximum Gasteiger partial charge on any atom is 0.161 e. The van der Waals surface area contributed by atoms with Crippen molar-refractivity contribution in [3.05, 3.63) is 28.1 Å². The Bertz CT molecular complexity index is 719. The molecule has 0 unspecified atom stereocenters. The number of rotatable bonds is 1. The Balaban J connectivity index is 1.89. The summed E-state index contributed by atoms with van der Waals surface area (Å²) >= 11 is 3.59. The molecule has 0 aromatic carbocycles. The fraction of sp³-hybridized carbons (Fsp3) is 0.467. The van der Waals surface area contributed by atoms with E-state index < -0.39 is 0 Å². The Morgan fingerprint density at radius 3 is 2.86 bits per heavy atom. The number of aromatic nitrogens is 2. The van der Waals surface area contributed by atoms with Gasteiger partial charge in [0, 0.05) is 36.6 Å². The molecule has 2 aromatic heterocycles. The van der Waals surface area contributed by atoms with Crippen LogP contribution in [0.4, 0.5) is 5.69 Å². The monoisotopic (exact) mass is 349 g/mol. The summed E-state index contributed by atoms with van der Waals surface area (Å²) in [4.78, 5) is 18.9. The second-order valence-electron chi connectivity index (χ2n) is 5.56. The van der Waals surface area contributed by atoms with Crippen LogP contribution in [0.25, 0.3) is 5.65 Å². The molecule has 2 aliphatic rings. The number of aryl methyl sites for hydroxylation is 1. The highest BCUT2D eigenvalue weighted by molar-refractivity contribution is 9.10. The van der Waals surface area contributed by atoms with Crippen LogP contribution in [0.3, 0.4) is 0 Å². The molecule has 0 atom stereocenters. The highest BCUT2D eigenvalue weighted by atomic mass is 79.9. The first-order valence-corrected chi connectivity index (χ1v) is 8.05. The van der Waals surface area contributed by atoms with E-state index in [0.29, 0.717) is 18.6 Å². The highest BCUT2D eigenvalue weighted by Crippen LogP contribution is 2.30. The van der Waals surface area contributed by atoms with Gasteiger partial charge in [0.1, 0.15) is 5.78 Å². The van der Waals surface area contributed by atoms with Gasteiger partial charge in [0.15, 0.2) is 5.65 Å². The van der Waals surface area contributed by atoms with Crippen molar-refractivity contribution in [2.45, 2.75) is 19.3 Å².